The molecule has 1 saturated heterocycles. The first-order chi connectivity index (χ1) is 7.90. The summed E-state index contributed by atoms with van der Waals surface area (Å²) < 4.78 is 0. The van der Waals surface area contributed by atoms with Crippen LogP contribution in [0.3, 0.4) is 0 Å². The van der Waals surface area contributed by atoms with E-state index < -0.39 is 0 Å². The van der Waals surface area contributed by atoms with E-state index in [0.717, 1.165) is 18.6 Å². The minimum Gasteiger partial charge on any atom is -0.328 e. The number of benzene rings is 1. The fourth-order valence-electron chi connectivity index (χ4n) is 2.22. The Balaban J connectivity index is 2.04. The normalized spacial score (nSPS) is 17.0. The summed E-state index contributed by atoms with van der Waals surface area (Å²) in [6, 6.07) is 8.01. The minimum atomic E-state index is 0.745. The number of rotatable bonds is 4. The summed E-state index contributed by atoms with van der Waals surface area (Å²) in [4.78, 5) is 12.9. The van der Waals surface area contributed by atoms with Crippen LogP contribution in [-0.2, 0) is 11.3 Å². The zero-order chi connectivity index (χ0) is 11.2. The molecule has 0 atom stereocenters. The number of nitrogens with one attached hydrogen (secondary N) is 1. The maximum atomic E-state index is 10.5. The van der Waals surface area contributed by atoms with Gasteiger partial charge in [0, 0.05) is 12.2 Å². The predicted octanol–water partition coefficient (Wildman–Crippen LogP) is 2.24. The lowest BCUT2D eigenvalue weighted by atomic mass is 10.1. The fraction of sp³-hybridized carbons (Fsp3) is 0.462. The average molecular weight is 218 g/mol. The summed E-state index contributed by atoms with van der Waals surface area (Å²) in [5, 5.41) is 2.76. The van der Waals surface area contributed by atoms with E-state index in [-0.39, 0.29) is 0 Å². The van der Waals surface area contributed by atoms with E-state index >= 15 is 0 Å². The number of hydrogen-bond donors (Lipinski definition) is 1. The van der Waals surface area contributed by atoms with Gasteiger partial charge >= 0.3 is 0 Å². The van der Waals surface area contributed by atoms with Gasteiger partial charge in [-0.05, 0) is 37.6 Å². The van der Waals surface area contributed by atoms with Crippen LogP contribution in [0.1, 0.15) is 24.8 Å². The van der Waals surface area contributed by atoms with Crippen molar-refractivity contribution in [3.05, 3.63) is 29.8 Å². The fourth-order valence-corrected chi connectivity index (χ4v) is 2.22. The molecule has 0 unspecified atom stereocenters. The van der Waals surface area contributed by atoms with Crippen molar-refractivity contribution < 1.29 is 4.79 Å². The summed E-state index contributed by atoms with van der Waals surface area (Å²) in [7, 11) is 0. The van der Waals surface area contributed by atoms with Crippen molar-refractivity contribution in [1.29, 1.82) is 0 Å². The van der Waals surface area contributed by atoms with Crippen LogP contribution in [0, 0.1) is 0 Å². The van der Waals surface area contributed by atoms with Gasteiger partial charge in [0.05, 0.1) is 0 Å². The SMILES string of the molecule is O=CNc1ccccc1CN1CCCCC1. The monoisotopic (exact) mass is 218 g/mol. The molecule has 0 aromatic heterocycles. The number of carbonyl (C=O) groups is 1. The van der Waals surface area contributed by atoms with Crippen LogP contribution in [0.25, 0.3) is 0 Å². The molecule has 1 amide bonds. The van der Waals surface area contributed by atoms with Crippen LogP contribution >= 0.6 is 0 Å². The van der Waals surface area contributed by atoms with Crippen LogP contribution in [0.15, 0.2) is 24.3 Å². The molecular formula is C13H18N2O. The Hall–Kier alpha value is -1.35. The molecule has 0 aliphatic carbocycles. The molecule has 3 nitrogen and oxygen atoms in total. The second-order valence-corrected chi connectivity index (χ2v) is 4.26. The molecule has 2 rings (SSSR count). The van der Waals surface area contributed by atoms with E-state index in [0.29, 0.717) is 0 Å². The third-order valence-electron chi connectivity index (χ3n) is 3.07. The van der Waals surface area contributed by atoms with Gasteiger partial charge in [-0.3, -0.25) is 9.69 Å². The van der Waals surface area contributed by atoms with Crippen LogP contribution in [-0.4, -0.2) is 24.4 Å². The van der Waals surface area contributed by atoms with E-state index in [1.807, 2.05) is 18.2 Å². The Morgan fingerprint density at radius 2 is 1.94 bits per heavy atom. The molecule has 1 aliphatic heterocycles. The van der Waals surface area contributed by atoms with Crippen molar-refractivity contribution in [1.82, 2.24) is 4.90 Å². The number of piperidine rings is 1. The van der Waals surface area contributed by atoms with E-state index in [4.69, 9.17) is 0 Å². The Labute approximate surface area is 96.5 Å². The Bertz CT molecular complexity index is 346. The summed E-state index contributed by atoms with van der Waals surface area (Å²) in [5.74, 6) is 0. The first-order valence-electron chi connectivity index (χ1n) is 5.90. The molecular weight excluding hydrogens is 200 g/mol. The molecule has 86 valence electrons. The van der Waals surface area contributed by atoms with Crippen molar-refractivity contribution in [3.8, 4) is 0 Å². The maximum absolute atomic E-state index is 10.5. The largest absolute Gasteiger partial charge is 0.328 e. The van der Waals surface area contributed by atoms with E-state index in [1.54, 1.807) is 0 Å². The van der Waals surface area contributed by atoms with Crippen LogP contribution in [0.4, 0.5) is 5.69 Å². The summed E-state index contributed by atoms with van der Waals surface area (Å²) in [6.07, 6.45) is 4.69. The van der Waals surface area contributed by atoms with E-state index in [9.17, 15) is 4.79 Å². The topological polar surface area (TPSA) is 32.3 Å². The number of nitrogens with zero attached hydrogens (tertiary/aromatic N) is 1. The molecule has 3 heteroatoms. The molecule has 0 spiro atoms. The molecule has 0 radical (unpaired) electrons. The van der Waals surface area contributed by atoms with E-state index in [2.05, 4.69) is 16.3 Å². The standard InChI is InChI=1S/C13H18N2O/c16-11-14-13-7-3-2-6-12(13)10-15-8-4-1-5-9-15/h2-3,6-7,11H,1,4-5,8-10H2,(H,14,16). The lowest BCUT2D eigenvalue weighted by Gasteiger charge is -2.27. The van der Waals surface area contributed by atoms with Crippen molar-refractivity contribution >= 4 is 12.1 Å². The zero-order valence-corrected chi connectivity index (χ0v) is 9.48. The number of hydrogen-bond acceptors (Lipinski definition) is 2. The Kier molecular flexibility index (Phi) is 3.94. The zero-order valence-electron chi connectivity index (χ0n) is 9.48. The molecule has 0 bridgehead atoms. The van der Waals surface area contributed by atoms with Gasteiger partial charge in [-0.1, -0.05) is 24.6 Å². The number of anilines is 1. The van der Waals surface area contributed by atoms with Gasteiger partial charge in [-0.15, -0.1) is 0 Å². The van der Waals surface area contributed by atoms with Crippen LogP contribution in [0.2, 0.25) is 0 Å². The number of para-hydroxylation sites is 1. The summed E-state index contributed by atoms with van der Waals surface area (Å²) >= 11 is 0. The lowest BCUT2D eigenvalue weighted by molar-refractivity contribution is -0.105. The molecule has 0 saturated carbocycles. The first-order valence-corrected chi connectivity index (χ1v) is 5.90. The summed E-state index contributed by atoms with van der Waals surface area (Å²) in [5.41, 5.74) is 2.14. The smallest absolute Gasteiger partial charge is 0.211 e. The lowest BCUT2D eigenvalue weighted by Crippen LogP contribution is -2.29. The average Bonchev–Trinajstić information content (AvgIpc) is 2.33. The minimum absolute atomic E-state index is 0.745. The maximum Gasteiger partial charge on any atom is 0.211 e. The summed E-state index contributed by atoms with van der Waals surface area (Å²) in [6.45, 7) is 3.29. The highest BCUT2D eigenvalue weighted by atomic mass is 16.1. The van der Waals surface area contributed by atoms with Gasteiger partial charge in [-0.2, -0.15) is 0 Å². The molecule has 1 aliphatic rings. The first kappa shape index (κ1) is 11.1. The van der Waals surface area contributed by atoms with Gasteiger partial charge < -0.3 is 5.32 Å². The van der Waals surface area contributed by atoms with Crippen LogP contribution < -0.4 is 5.32 Å². The van der Waals surface area contributed by atoms with Crippen molar-refractivity contribution in [3.63, 3.8) is 0 Å². The molecule has 1 aromatic carbocycles. The molecule has 1 heterocycles. The third-order valence-corrected chi connectivity index (χ3v) is 3.07. The highest BCUT2D eigenvalue weighted by Gasteiger charge is 2.11. The second kappa shape index (κ2) is 5.66. The molecule has 1 aromatic rings. The number of likely N-dealkylation sites (tertiary alicyclic amines) is 1. The van der Waals surface area contributed by atoms with E-state index in [1.165, 1.54) is 37.9 Å². The molecule has 1 fully saturated rings. The molecule has 16 heavy (non-hydrogen) atoms. The van der Waals surface area contributed by atoms with Crippen molar-refractivity contribution in [2.75, 3.05) is 18.4 Å². The predicted molar refractivity (Wildman–Crippen MR) is 65.3 cm³/mol. The number of carbonyl (C=O) groups excluding carboxylic acids is 1. The van der Waals surface area contributed by atoms with Gasteiger partial charge in [0.2, 0.25) is 6.41 Å². The van der Waals surface area contributed by atoms with Gasteiger partial charge in [-0.25, -0.2) is 0 Å². The highest BCUT2D eigenvalue weighted by molar-refractivity contribution is 5.73. The van der Waals surface area contributed by atoms with Gasteiger partial charge in [0.1, 0.15) is 0 Å². The third kappa shape index (κ3) is 2.83. The highest BCUT2D eigenvalue weighted by Crippen LogP contribution is 2.19. The quantitative estimate of drug-likeness (QED) is 0.786. The van der Waals surface area contributed by atoms with Crippen LogP contribution in [0.5, 0.6) is 0 Å². The van der Waals surface area contributed by atoms with Gasteiger partial charge in [0.15, 0.2) is 0 Å². The van der Waals surface area contributed by atoms with Crippen molar-refractivity contribution in [2.45, 2.75) is 25.8 Å². The molecule has 1 N–H and O–H groups in total. The van der Waals surface area contributed by atoms with Crippen molar-refractivity contribution in [2.24, 2.45) is 0 Å². The second-order valence-electron chi connectivity index (χ2n) is 4.26. The number of amides is 1. The van der Waals surface area contributed by atoms with Gasteiger partial charge in [0.25, 0.3) is 0 Å². The Morgan fingerprint density at radius 1 is 1.19 bits per heavy atom. The Morgan fingerprint density at radius 3 is 2.69 bits per heavy atom.